The highest BCUT2D eigenvalue weighted by atomic mass is 32.1. The second-order valence-corrected chi connectivity index (χ2v) is 5.34. The van der Waals surface area contributed by atoms with Crippen LogP contribution in [-0.2, 0) is 9.59 Å². The molecule has 2 rings (SSSR count). The average Bonchev–Trinajstić information content (AvgIpc) is 2.52. The monoisotopic (exact) mass is 316 g/mol. The van der Waals surface area contributed by atoms with Crippen LogP contribution in [0.4, 0.5) is 0 Å². The summed E-state index contributed by atoms with van der Waals surface area (Å²) in [7, 11) is 0. The Morgan fingerprint density at radius 2 is 1.59 bits per heavy atom. The summed E-state index contributed by atoms with van der Waals surface area (Å²) in [5.41, 5.74) is 0.702. The molecule has 1 heterocycles. The molecule has 0 N–H and O–H groups in total. The van der Waals surface area contributed by atoms with Gasteiger partial charge >= 0.3 is 0 Å². The SMILES string of the molecule is CCN1C(=O)C(=CC=Cc2ccccc2)C(=O)N(CC)C1S. The number of rotatable bonds is 4. The summed E-state index contributed by atoms with van der Waals surface area (Å²) in [5.74, 6) is -0.537. The molecule has 0 saturated carbocycles. The van der Waals surface area contributed by atoms with Crippen molar-refractivity contribution in [1.29, 1.82) is 0 Å². The number of nitrogens with zero attached hydrogens (tertiary/aromatic N) is 2. The molecule has 1 aromatic rings. The lowest BCUT2D eigenvalue weighted by molar-refractivity contribution is -0.145. The molecule has 116 valence electrons. The third-order valence-electron chi connectivity index (χ3n) is 3.57. The van der Waals surface area contributed by atoms with E-state index in [9.17, 15) is 9.59 Å². The predicted octanol–water partition coefficient (Wildman–Crippen LogP) is 2.55. The maximum atomic E-state index is 12.4. The van der Waals surface area contributed by atoms with E-state index in [1.807, 2.05) is 50.3 Å². The van der Waals surface area contributed by atoms with Crippen LogP contribution in [0.15, 0.2) is 48.1 Å². The number of carbonyl (C=O) groups excluding carboxylic acids is 2. The van der Waals surface area contributed by atoms with Crippen molar-refractivity contribution in [2.24, 2.45) is 0 Å². The molecular weight excluding hydrogens is 296 g/mol. The molecule has 1 aromatic carbocycles. The maximum Gasteiger partial charge on any atom is 0.261 e. The van der Waals surface area contributed by atoms with E-state index >= 15 is 0 Å². The summed E-state index contributed by atoms with van der Waals surface area (Å²) in [6.07, 6.45) is 5.19. The molecule has 2 amide bonds. The van der Waals surface area contributed by atoms with E-state index in [-0.39, 0.29) is 17.4 Å². The van der Waals surface area contributed by atoms with Crippen molar-refractivity contribution in [3.63, 3.8) is 0 Å². The van der Waals surface area contributed by atoms with Gasteiger partial charge in [-0.05, 0) is 25.5 Å². The fourth-order valence-corrected chi connectivity index (χ4v) is 2.89. The van der Waals surface area contributed by atoms with Crippen LogP contribution in [0.5, 0.6) is 0 Å². The van der Waals surface area contributed by atoms with Crippen LogP contribution < -0.4 is 0 Å². The largest absolute Gasteiger partial charge is 0.309 e. The van der Waals surface area contributed by atoms with Crippen LogP contribution in [0.1, 0.15) is 19.4 Å². The summed E-state index contributed by atoms with van der Waals surface area (Å²) in [6.45, 7) is 4.78. The fourth-order valence-electron chi connectivity index (χ4n) is 2.35. The quantitative estimate of drug-likeness (QED) is 0.527. The van der Waals surface area contributed by atoms with Gasteiger partial charge in [-0.25, -0.2) is 0 Å². The highest BCUT2D eigenvalue weighted by molar-refractivity contribution is 7.80. The van der Waals surface area contributed by atoms with Gasteiger partial charge in [0.2, 0.25) is 0 Å². The van der Waals surface area contributed by atoms with E-state index in [1.54, 1.807) is 22.0 Å². The average molecular weight is 316 g/mol. The fraction of sp³-hybridized carbons (Fsp3) is 0.294. The standard InChI is InChI=1S/C17H20N2O2S/c1-3-18-15(20)14(16(21)19(4-2)17(18)22)12-8-11-13-9-6-5-7-10-13/h5-12,17,22H,3-4H2,1-2H3. The Hall–Kier alpha value is -2.01. The zero-order valence-electron chi connectivity index (χ0n) is 12.8. The van der Waals surface area contributed by atoms with Gasteiger partial charge in [0.05, 0.1) is 0 Å². The Bertz CT molecular complexity index is 584. The van der Waals surface area contributed by atoms with Crippen molar-refractivity contribution < 1.29 is 9.59 Å². The second-order valence-electron chi connectivity index (χ2n) is 4.88. The van der Waals surface area contributed by atoms with E-state index in [2.05, 4.69) is 12.6 Å². The molecule has 0 spiro atoms. The molecule has 1 aliphatic heterocycles. The van der Waals surface area contributed by atoms with Crippen LogP contribution in [0, 0.1) is 0 Å². The first kappa shape index (κ1) is 16.4. The first-order valence-electron chi connectivity index (χ1n) is 7.33. The molecule has 1 aliphatic rings. The van der Waals surface area contributed by atoms with Crippen LogP contribution in [-0.4, -0.2) is 40.2 Å². The smallest absolute Gasteiger partial charge is 0.261 e. The lowest BCUT2D eigenvalue weighted by Gasteiger charge is -2.40. The van der Waals surface area contributed by atoms with Crippen molar-refractivity contribution in [2.45, 2.75) is 19.3 Å². The molecule has 0 unspecified atom stereocenters. The van der Waals surface area contributed by atoms with E-state index in [0.29, 0.717) is 13.1 Å². The molecule has 0 aliphatic carbocycles. The minimum absolute atomic E-state index is 0.182. The molecule has 0 bridgehead atoms. The molecule has 4 nitrogen and oxygen atoms in total. The first-order chi connectivity index (χ1) is 10.6. The van der Waals surface area contributed by atoms with E-state index in [0.717, 1.165) is 5.56 Å². The summed E-state index contributed by atoms with van der Waals surface area (Å²) >= 11 is 4.38. The van der Waals surface area contributed by atoms with E-state index in [1.165, 1.54) is 0 Å². The normalized spacial score (nSPS) is 19.2. The molecule has 22 heavy (non-hydrogen) atoms. The van der Waals surface area contributed by atoms with Gasteiger partial charge in [0.15, 0.2) is 5.50 Å². The highest BCUT2D eigenvalue weighted by Gasteiger charge is 2.38. The molecule has 1 saturated heterocycles. The molecule has 0 aromatic heterocycles. The lowest BCUT2D eigenvalue weighted by atomic mass is 10.1. The number of thiol groups is 1. The van der Waals surface area contributed by atoms with Crippen molar-refractivity contribution in [1.82, 2.24) is 9.80 Å². The number of likely N-dealkylation sites (N-methyl/N-ethyl adjacent to an activating group) is 2. The zero-order chi connectivity index (χ0) is 16.1. The zero-order valence-corrected chi connectivity index (χ0v) is 13.7. The molecule has 5 heteroatoms. The Labute approximate surface area is 136 Å². The number of amides is 2. The molecule has 0 radical (unpaired) electrons. The number of hydrogen-bond donors (Lipinski definition) is 1. The molecule has 1 fully saturated rings. The minimum Gasteiger partial charge on any atom is -0.309 e. The summed E-state index contributed by atoms with van der Waals surface area (Å²) < 4.78 is 0. The predicted molar refractivity (Wildman–Crippen MR) is 91.1 cm³/mol. The Morgan fingerprint density at radius 3 is 2.09 bits per heavy atom. The summed E-state index contributed by atoms with van der Waals surface area (Å²) in [6, 6.07) is 9.73. The third kappa shape index (κ3) is 3.25. The summed E-state index contributed by atoms with van der Waals surface area (Å²) in [5, 5.41) is 0. The molecular formula is C17H20N2O2S. The number of allylic oxidation sites excluding steroid dienone is 2. The molecule has 0 atom stereocenters. The van der Waals surface area contributed by atoms with Crippen LogP contribution >= 0.6 is 12.6 Å². The second kappa shape index (κ2) is 7.31. The van der Waals surface area contributed by atoms with Crippen molar-refractivity contribution >= 4 is 30.5 Å². The van der Waals surface area contributed by atoms with Gasteiger partial charge in [0.25, 0.3) is 11.8 Å². The maximum absolute atomic E-state index is 12.4. The van der Waals surface area contributed by atoms with Crippen molar-refractivity contribution in [3.8, 4) is 0 Å². The van der Waals surface area contributed by atoms with Crippen LogP contribution in [0.3, 0.4) is 0 Å². The van der Waals surface area contributed by atoms with Crippen molar-refractivity contribution in [3.05, 3.63) is 53.6 Å². The topological polar surface area (TPSA) is 40.6 Å². The van der Waals surface area contributed by atoms with Gasteiger partial charge in [0, 0.05) is 13.1 Å². The van der Waals surface area contributed by atoms with Gasteiger partial charge in [0.1, 0.15) is 5.57 Å². The first-order valence-corrected chi connectivity index (χ1v) is 7.85. The van der Waals surface area contributed by atoms with Crippen LogP contribution in [0.2, 0.25) is 0 Å². The van der Waals surface area contributed by atoms with Gasteiger partial charge in [-0.2, -0.15) is 0 Å². The van der Waals surface area contributed by atoms with E-state index < -0.39 is 5.50 Å². The van der Waals surface area contributed by atoms with Crippen LogP contribution in [0.25, 0.3) is 6.08 Å². The minimum atomic E-state index is -0.495. The Morgan fingerprint density at radius 1 is 1.05 bits per heavy atom. The number of hydrogen-bond acceptors (Lipinski definition) is 3. The Balaban J connectivity index is 2.27. The lowest BCUT2D eigenvalue weighted by Crippen LogP contribution is -2.57. The highest BCUT2D eigenvalue weighted by Crippen LogP contribution is 2.23. The van der Waals surface area contributed by atoms with Gasteiger partial charge in [-0.1, -0.05) is 42.5 Å². The van der Waals surface area contributed by atoms with Gasteiger partial charge < -0.3 is 9.80 Å². The van der Waals surface area contributed by atoms with Crippen molar-refractivity contribution in [2.75, 3.05) is 13.1 Å². The number of carbonyl (C=O) groups is 2. The summed E-state index contributed by atoms with van der Waals surface area (Å²) in [4.78, 5) is 28.0. The van der Waals surface area contributed by atoms with E-state index in [4.69, 9.17) is 0 Å². The third-order valence-corrected chi connectivity index (χ3v) is 4.13. The number of benzene rings is 1. The van der Waals surface area contributed by atoms with Gasteiger partial charge in [-0.3, -0.25) is 9.59 Å². The Kier molecular flexibility index (Phi) is 5.44. The van der Waals surface area contributed by atoms with Gasteiger partial charge in [-0.15, -0.1) is 12.6 Å².